The van der Waals surface area contributed by atoms with Crippen LogP contribution in [0.2, 0.25) is 0 Å². The molecule has 0 aliphatic heterocycles. The van der Waals surface area contributed by atoms with Gasteiger partial charge in [0.2, 0.25) is 0 Å². The highest BCUT2D eigenvalue weighted by Crippen LogP contribution is 2.17. The monoisotopic (exact) mass is 345 g/mol. The van der Waals surface area contributed by atoms with Crippen LogP contribution < -0.4 is 0 Å². The summed E-state index contributed by atoms with van der Waals surface area (Å²) < 4.78 is 0.919. The van der Waals surface area contributed by atoms with E-state index >= 15 is 0 Å². The van der Waals surface area contributed by atoms with Crippen molar-refractivity contribution in [1.29, 1.82) is 0 Å². The van der Waals surface area contributed by atoms with Gasteiger partial charge in [0.25, 0.3) is 5.91 Å². The van der Waals surface area contributed by atoms with Crippen molar-refractivity contribution in [2.45, 2.75) is 26.3 Å². The lowest BCUT2D eigenvalue weighted by Crippen LogP contribution is -2.26. The third-order valence-corrected chi connectivity index (χ3v) is 3.98. The lowest BCUT2D eigenvalue weighted by atomic mass is 10.0. The number of benzene rings is 2. The van der Waals surface area contributed by atoms with Gasteiger partial charge >= 0.3 is 0 Å². The quantitative estimate of drug-likeness (QED) is 0.775. The minimum atomic E-state index is 0.0317. The van der Waals surface area contributed by atoms with Gasteiger partial charge in [-0.25, -0.2) is 0 Å². The summed E-state index contributed by atoms with van der Waals surface area (Å²) in [7, 11) is 1.83. The van der Waals surface area contributed by atoms with Crippen LogP contribution >= 0.6 is 15.9 Å². The Morgan fingerprint density at radius 1 is 1.14 bits per heavy atom. The Hall–Kier alpha value is -1.61. The Balaban J connectivity index is 2.07. The molecule has 0 atom stereocenters. The average molecular weight is 346 g/mol. The van der Waals surface area contributed by atoms with Gasteiger partial charge in [0.15, 0.2) is 0 Å². The van der Waals surface area contributed by atoms with Crippen LogP contribution in [0.1, 0.15) is 41.3 Å². The number of nitrogens with zero attached hydrogens (tertiary/aromatic N) is 1. The second kappa shape index (κ2) is 6.90. The molecule has 0 spiro atoms. The molecule has 0 saturated heterocycles. The second-order valence-corrected chi connectivity index (χ2v) is 6.48. The fourth-order valence-electron chi connectivity index (χ4n) is 2.20. The molecule has 0 heterocycles. The first-order valence-electron chi connectivity index (χ1n) is 7.07. The van der Waals surface area contributed by atoms with E-state index in [9.17, 15) is 4.79 Å². The second-order valence-electron chi connectivity index (χ2n) is 5.57. The van der Waals surface area contributed by atoms with Gasteiger partial charge in [-0.3, -0.25) is 4.79 Å². The predicted octanol–water partition coefficient (Wildman–Crippen LogP) is 4.84. The van der Waals surface area contributed by atoms with Crippen LogP contribution in [0.15, 0.2) is 53.0 Å². The SMILES string of the molecule is CC(C)c1ccc(CN(C)C(=O)c2cccc(Br)c2)cc1. The molecule has 3 heteroatoms. The van der Waals surface area contributed by atoms with E-state index in [0.717, 1.165) is 10.0 Å². The molecule has 2 aromatic carbocycles. The first-order chi connectivity index (χ1) is 9.97. The third kappa shape index (κ3) is 4.18. The fraction of sp³-hybridized carbons (Fsp3) is 0.278. The van der Waals surface area contributed by atoms with Crippen LogP contribution in [0.25, 0.3) is 0 Å². The van der Waals surface area contributed by atoms with Gasteiger partial charge in [-0.05, 0) is 35.2 Å². The number of carbonyl (C=O) groups is 1. The Labute approximate surface area is 134 Å². The Bertz CT molecular complexity index is 619. The van der Waals surface area contributed by atoms with Gasteiger partial charge in [0.05, 0.1) is 0 Å². The zero-order valence-corrected chi connectivity index (χ0v) is 14.2. The summed E-state index contributed by atoms with van der Waals surface area (Å²) in [5.74, 6) is 0.560. The molecule has 2 rings (SSSR count). The Morgan fingerprint density at radius 3 is 2.38 bits per heavy atom. The highest BCUT2D eigenvalue weighted by molar-refractivity contribution is 9.10. The average Bonchev–Trinajstić information content (AvgIpc) is 2.47. The highest BCUT2D eigenvalue weighted by Gasteiger charge is 2.12. The van der Waals surface area contributed by atoms with Gasteiger partial charge in [0, 0.05) is 23.6 Å². The molecule has 0 aliphatic rings. The number of carbonyl (C=O) groups excluding carboxylic acids is 1. The van der Waals surface area contributed by atoms with Gasteiger partial charge in [-0.2, -0.15) is 0 Å². The topological polar surface area (TPSA) is 20.3 Å². The maximum absolute atomic E-state index is 12.4. The normalized spacial score (nSPS) is 10.7. The van der Waals surface area contributed by atoms with Gasteiger partial charge < -0.3 is 4.90 Å². The van der Waals surface area contributed by atoms with Crippen molar-refractivity contribution < 1.29 is 4.79 Å². The van der Waals surface area contributed by atoms with Crippen LogP contribution in [0, 0.1) is 0 Å². The fourth-order valence-corrected chi connectivity index (χ4v) is 2.59. The molecule has 1 amide bonds. The van der Waals surface area contributed by atoms with Crippen molar-refractivity contribution in [3.05, 3.63) is 69.7 Å². The maximum Gasteiger partial charge on any atom is 0.253 e. The first-order valence-corrected chi connectivity index (χ1v) is 7.86. The van der Waals surface area contributed by atoms with Gasteiger partial charge in [-0.15, -0.1) is 0 Å². The van der Waals surface area contributed by atoms with Gasteiger partial charge in [0.1, 0.15) is 0 Å². The van der Waals surface area contributed by atoms with E-state index in [0.29, 0.717) is 18.0 Å². The van der Waals surface area contributed by atoms with E-state index in [1.54, 1.807) is 4.90 Å². The molecule has 0 unspecified atom stereocenters. The molecule has 2 nitrogen and oxygen atoms in total. The molecule has 0 aliphatic carbocycles. The zero-order chi connectivity index (χ0) is 15.4. The van der Waals surface area contributed by atoms with Crippen LogP contribution in [0.5, 0.6) is 0 Å². The zero-order valence-electron chi connectivity index (χ0n) is 12.6. The molecule has 0 N–H and O–H groups in total. The summed E-state index contributed by atoms with van der Waals surface area (Å²) in [6.45, 7) is 4.97. The summed E-state index contributed by atoms with van der Waals surface area (Å²) in [6.07, 6.45) is 0. The summed E-state index contributed by atoms with van der Waals surface area (Å²) in [4.78, 5) is 14.1. The third-order valence-electron chi connectivity index (χ3n) is 3.48. The van der Waals surface area contributed by atoms with Crippen molar-refractivity contribution in [2.24, 2.45) is 0 Å². The molecular weight excluding hydrogens is 326 g/mol. The minimum Gasteiger partial charge on any atom is -0.337 e. The van der Waals surface area contributed by atoms with E-state index in [1.165, 1.54) is 5.56 Å². The predicted molar refractivity (Wildman–Crippen MR) is 90.5 cm³/mol. The van der Waals surface area contributed by atoms with E-state index < -0.39 is 0 Å². The molecule has 0 radical (unpaired) electrons. The van der Waals surface area contributed by atoms with Gasteiger partial charge in [-0.1, -0.05) is 60.1 Å². The van der Waals surface area contributed by atoms with E-state index in [1.807, 2.05) is 31.3 Å². The molecule has 2 aromatic rings. The van der Waals surface area contributed by atoms with Crippen molar-refractivity contribution >= 4 is 21.8 Å². The van der Waals surface area contributed by atoms with Crippen LogP contribution in [-0.4, -0.2) is 17.9 Å². The lowest BCUT2D eigenvalue weighted by Gasteiger charge is -2.18. The molecule has 0 fully saturated rings. The standard InChI is InChI=1S/C18H20BrNO/c1-13(2)15-9-7-14(8-10-15)12-20(3)18(21)16-5-4-6-17(19)11-16/h4-11,13H,12H2,1-3H3. The van der Waals surface area contributed by atoms with Crippen molar-refractivity contribution in [3.8, 4) is 0 Å². The van der Waals surface area contributed by atoms with Crippen LogP contribution in [0.4, 0.5) is 0 Å². The molecular formula is C18H20BrNO. The summed E-state index contributed by atoms with van der Waals surface area (Å²) in [6, 6.07) is 15.9. The lowest BCUT2D eigenvalue weighted by molar-refractivity contribution is 0.0785. The number of hydrogen-bond donors (Lipinski definition) is 0. The van der Waals surface area contributed by atoms with Crippen molar-refractivity contribution in [1.82, 2.24) is 4.90 Å². The molecule has 21 heavy (non-hydrogen) atoms. The summed E-state index contributed by atoms with van der Waals surface area (Å²) in [5.41, 5.74) is 3.16. The van der Waals surface area contributed by atoms with E-state index in [4.69, 9.17) is 0 Å². The number of amides is 1. The Kier molecular flexibility index (Phi) is 5.18. The Morgan fingerprint density at radius 2 is 1.81 bits per heavy atom. The number of hydrogen-bond acceptors (Lipinski definition) is 1. The summed E-state index contributed by atoms with van der Waals surface area (Å²) in [5, 5.41) is 0. The molecule has 0 saturated carbocycles. The number of rotatable bonds is 4. The van der Waals surface area contributed by atoms with Crippen molar-refractivity contribution in [2.75, 3.05) is 7.05 Å². The van der Waals surface area contributed by atoms with Crippen LogP contribution in [0.3, 0.4) is 0 Å². The van der Waals surface area contributed by atoms with Crippen LogP contribution in [-0.2, 0) is 6.54 Å². The molecule has 0 aromatic heterocycles. The minimum absolute atomic E-state index is 0.0317. The number of halogens is 1. The smallest absolute Gasteiger partial charge is 0.253 e. The first kappa shape index (κ1) is 15.8. The van der Waals surface area contributed by atoms with Crippen molar-refractivity contribution in [3.63, 3.8) is 0 Å². The molecule has 0 bridgehead atoms. The highest BCUT2D eigenvalue weighted by atomic mass is 79.9. The van der Waals surface area contributed by atoms with E-state index in [-0.39, 0.29) is 5.91 Å². The molecule has 110 valence electrons. The summed E-state index contributed by atoms with van der Waals surface area (Å²) >= 11 is 3.40. The largest absolute Gasteiger partial charge is 0.337 e. The maximum atomic E-state index is 12.4. The van der Waals surface area contributed by atoms with E-state index in [2.05, 4.69) is 54.0 Å².